The van der Waals surface area contributed by atoms with Gasteiger partial charge < -0.3 is 10.1 Å². The summed E-state index contributed by atoms with van der Waals surface area (Å²) in [7, 11) is 0. The third kappa shape index (κ3) is 3.88. The molecule has 1 aromatic heterocycles. The van der Waals surface area contributed by atoms with Crippen LogP contribution in [-0.4, -0.2) is 22.3 Å². The fourth-order valence-electron chi connectivity index (χ4n) is 3.80. The lowest BCUT2D eigenvalue weighted by molar-refractivity contribution is 0.0933. The molecule has 0 saturated heterocycles. The molecule has 3 aromatic rings. The van der Waals surface area contributed by atoms with Gasteiger partial charge in [-0.15, -0.1) is 0 Å². The highest BCUT2D eigenvalue weighted by Crippen LogP contribution is 2.28. The standard InChI is InChI=1S/C23H24FN3O2/c1-3-29-19-7-4-6-16(14-19)15(2)25-23(28)22-20-8-5-9-21(20)27(26-22)18-12-10-17(24)11-13-18/h4,6-7,10-15H,3,5,8-9H2,1-2H3,(H,25,28). The van der Waals surface area contributed by atoms with Crippen molar-refractivity contribution >= 4 is 5.91 Å². The van der Waals surface area contributed by atoms with Crippen LogP contribution in [0, 0.1) is 5.82 Å². The Bertz CT molecular complexity index is 1030. The monoisotopic (exact) mass is 393 g/mol. The molecule has 6 heteroatoms. The molecule has 0 fully saturated rings. The Labute approximate surface area is 169 Å². The van der Waals surface area contributed by atoms with Crippen molar-refractivity contribution in [3.63, 3.8) is 0 Å². The minimum Gasteiger partial charge on any atom is -0.494 e. The van der Waals surface area contributed by atoms with Gasteiger partial charge in [-0.3, -0.25) is 4.79 Å². The van der Waals surface area contributed by atoms with E-state index in [-0.39, 0.29) is 17.8 Å². The van der Waals surface area contributed by atoms with E-state index in [0.717, 1.165) is 47.5 Å². The van der Waals surface area contributed by atoms with Crippen LogP contribution >= 0.6 is 0 Å². The fourth-order valence-corrected chi connectivity index (χ4v) is 3.80. The molecule has 1 aliphatic rings. The van der Waals surface area contributed by atoms with Gasteiger partial charge in [-0.2, -0.15) is 5.10 Å². The third-order valence-electron chi connectivity index (χ3n) is 5.23. The van der Waals surface area contributed by atoms with E-state index >= 15 is 0 Å². The Morgan fingerprint density at radius 1 is 1.24 bits per heavy atom. The van der Waals surface area contributed by atoms with Crippen LogP contribution in [0.25, 0.3) is 5.69 Å². The lowest BCUT2D eigenvalue weighted by Gasteiger charge is -2.15. The molecular formula is C23H24FN3O2. The van der Waals surface area contributed by atoms with Crippen molar-refractivity contribution in [2.24, 2.45) is 0 Å². The first-order chi connectivity index (χ1) is 14.1. The normalized spacial score (nSPS) is 13.8. The summed E-state index contributed by atoms with van der Waals surface area (Å²) in [5.74, 6) is 0.296. The molecule has 5 nitrogen and oxygen atoms in total. The van der Waals surface area contributed by atoms with Crippen molar-refractivity contribution in [1.29, 1.82) is 0 Å². The Morgan fingerprint density at radius 2 is 2.03 bits per heavy atom. The summed E-state index contributed by atoms with van der Waals surface area (Å²) < 4.78 is 20.6. The number of aromatic nitrogens is 2. The highest BCUT2D eigenvalue weighted by atomic mass is 19.1. The first kappa shape index (κ1) is 19.2. The van der Waals surface area contributed by atoms with E-state index in [4.69, 9.17) is 4.74 Å². The zero-order valence-corrected chi connectivity index (χ0v) is 16.6. The number of hydrogen-bond donors (Lipinski definition) is 1. The Hall–Kier alpha value is -3.15. The zero-order chi connectivity index (χ0) is 20.4. The first-order valence-corrected chi connectivity index (χ1v) is 9.97. The summed E-state index contributed by atoms with van der Waals surface area (Å²) >= 11 is 0. The maximum atomic E-state index is 13.3. The van der Waals surface area contributed by atoms with Gasteiger partial charge in [0, 0.05) is 11.3 Å². The lowest BCUT2D eigenvalue weighted by Crippen LogP contribution is -2.28. The van der Waals surface area contributed by atoms with Crippen molar-refractivity contribution in [3.05, 3.63) is 76.9 Å². The van der Waals surface area contributed by atoms with Crippen LogP contribution < -0.4 is 10.1 Å². The van der Waals surface area contributed by atoms with Gasteiger partial charge >= 0.3 is 0 Å². The van der Waals surface area contributed by atoms with Crippen molar-refractivity contribution in [3.8, 4) is 11.4 Å². The molecule has 150 valence electrons. The van der Waals surface area contributed by atoms with Crippen LogP contribution in [0.15, 0.2) is 48.5 Å². The van der Waals surface area contributed by atoms with Crippen LogP contribution in [0.5, 0.6) is 5.75 Å². The van der Waals surface area contributed by atoms with E-state index in [2.05, 4.69) is 10.4 Å². The second-order valence-electron chi connectivity index (χ2n) is 7.22. The van der Waals surface area contributed by atoms with Gasteiger partial charge in [0.1, 0.15) is 11.6 Å². The molecule has 1 unspecified atom stereocenters. The topological polar surface area (TPSA) is 56.1 Å². The number of fused-ring (bicyclic) bond motifs is 1. The number of carbonyl (C=O) groups excluding carboxylic acids is 1. The number of benzene rings is 2. The summed E-state index contributed by atoms with van der Waals surface area (Å²) in [6.07, 6.45) is 2.67. The number of halogens is 1. The van der Waals surface area contributed by atoms with Gasteiger partial charge in [0.15, 0.2) is 5.69 Å². The summed E-state index contributed by atoms with van der Waals surface area (Å²) in [5.41, 5.74) is 4.21. The Morgan fingerprint density at radius 3 is 2.79 bits per heavy atom. The molecule has 1 atom stereocenters. The van der Waals surface area contributed by atoms with E-state index in [1.807, 2.05) is 38.1 Å². The van der Waals surface area contributed by atoms with Crippen LogP contribution in [-0.2, 0) is 12.8 Å². The Kier molecular flexibility index (Phi) is 5.34. The van der Waals surface area contributed by atoms with Crippen LogP contribution in [0.4, 0.5) is 4.39 Å². The summed E-state index contributed by atoms with van der Waals surface area (Å²) in [6.45, 7) is 4.48. The van der Waals surface area contributed by atoms with Gasteiger partial charge in [-0.05, 0) is 75.1 Å². The second-order valence-corrected chi connectivity index (χ2v) is 7.22. The quantitative estimate of drug-likeness (QED) is 0.676. The largest absolute Gasteiger partial charge is 0.494 e. The smallest absolute Gasteiger partial charge is 0.272 e. The molecule has 0 bridgehead atoms. The van der Waals surface area contributed by atoms with Crippen molar-refractivity contribution in [2.75, 3.05) is 6.61 Å². The summed E-state index contributed by atoms with van der Waals surface area (Å²) in [4.78, 5) is 13.0. The molecular weight excluding hydrogens is 369 g/mol. The number of ether oxygens (including phenoxy) is 1. The molecule has 1 aliphatic carbocycles. The van der Waals surface area contributed by atoms with E-state index in [1.165, 1.54) is 12.1 Å². The molecule has 4 rings (SSSR count). The third-order valence-corrected chi connectivity index (χ3v) is 5.23. The van der Waals surface area contributed by atoms with Crippen molar-refractivity contribution < 1.29 is 13.9 Å². The molecule has 29 heavy (non-hydrogen) atoms. The molecule has 1 heterocycles. The number of nitrogens with zero attached hydrogens (tertiary/aromatic N) is 2. The minimum atomic E-state index is -0.293. The van der Waals surface area contributed by atoms with Crippen LogP contribution in [0.3, 0.4) is 0 Å². The van der Waals surface area contributed by atoms with E-state index in [0.29, 0.717) is 12.3 Å². The SMILES string of the molecule is CCOc1cccc(C(C)NC(=O)c2nn(-c3ccc(F)cc3)c3c2CCC3)c1. The predicted octanol–water partition coefficient (Wildman–Crippen LogP) is 4.39. The highest BCUT2D eigenvalue weighted by Gasteiger charge is 2.27. The fraction of sp³-hybridized carbons (Fsp3) is 0.304. The summed E-state index contributed by atoms with van der Waals surface area (Å²) in [5, 5.41) is 7.64. The first-order valence-electron chi connectivity index (χ1n) is 9.97. The van der Waals surface area contributed by atoms with Crippen molar-refractivity contribution in [2.45, 2.75) is 39.2 Å². The van der Waals surface area contributed by atoms with Crippen LogP contribution in [0.2, 0.25) is 0 Å². The lowest BCUT2D eigenvalue weighted by atomic mass is 10.1. The van der Waals surface area contributed by atoms with Gasteiger partial charge in [0.05, 0.1) is 18.3 Å². The molecule has 0 spiro atoms. The molecule has 0 radical (unpaired) electrons. The average molecular weight is 393 g/mol. The van der Waals surface area contributed by atoms with Gasteiger partial charge in [0.25, 0.3) is 5.91 Å². The number of carbonyl (C=O) groups is 1. The minimum absolute atomic E-state index is 0.184. The number of amides is 1. The maximum Gasteiger partial charge on any atom is 0.272 e. The number of nitrogens with one attached hydrogen (secondary N) is 1. The maximum absolute atomic E-state index is 13.3. The van der Waals surface area contributed by atoms with Gasteiger partial charge in [-0.1, -0.05) is 12.1 Å². The Balaban J connectivity index is 1.58. The number of rotatable bonds is 6. The molecule has 0 saturated carbocycles. The molecule has 1 amide bonds. The van der Waals surface area contributed by atoms with E-state index in [1.54, 1.807) is 16.8 Å². The second kappa shape index (κ2) is 8.07. The van der Waals surface area contributed by atoms with E-state index < -0.39 is 0 Å². The van der Waals surface area contributed by atoms with E-state index in [9.17, 15) is 9.18 Å². The average Bonchev–Trinajstić information content (AvgIpc) is 3.32. The highest BCUT2D eigenvalue weighted by molar-refractivity contribution is 5.94. The predicted molar refractivity (Wildman–Crippen MR) is 109 cm³/mol. The number of hydrogen-bond acceptors (Lipinski definition) is 3. The molecule has 1 N–H and O–H groups in total. The van der Waals surface area contributed by atoms with Gasteiger partial charge in [0.2, 0.25) is 0 Å². The van der Waals surface area contributed by atoms with Crippen LogP contribution in [0.1, 0.15) is 53.6 Å². The van der Waals surface area contributed by atoms with Gasteiger partial charge in [-0.25, -0.2) is 9.07 Å². The molecule has 2 aromatic carbocycles. The summed E-state index contributed by atoms with van der Waals surface area (Å²) in [6, 6.07) is 13.7. The molecule has 0 aliphatic heterocycles. The zero-order valence-electron chi connectivity index (χ0n) is 16.6. The van der Waals surface area contributed by atoms with Crippen molar-refractivity contribution in [1.82, 2.24) is 15.1 Å².